The van der Waals surface area contributed by atoms with Crippen LogP contribution in [0.15, 0.2) is 18.2 Å². The summed E-state index contributed by atoms with van der Waals surface area (Å²) in [5.74, 6) is 0.961. The second kappa shape index (κ2) is 4.10. The Labute approximate surface area is 97.8 Å². The van der Waals surface area contributed by atoms with Gasteiger partial charge in [-0.2, -0.15) is 0 Å². The Morgan fingerprint density at radius 3 is 2.50 bits per heavy atom. The van der Waals surface area contributed by atoms with Gasteiger partial charge >= 0.3 is 0 Å². The molecule has 1 aliphatic carbocycles. The molecule has 2 N–H and O–H groups in total. The molecule has 2 heteroatoms. The molecule has 2 nitrogen and oxygen atoms in total. The summed E-state index contributed by atoms with van der Waals surface area (Å²) in [5, 5.41) is 0. The molecule has 0 saturated heterocycles. The summed E-state index contributed by atoms with van der Waals surface area (Å²) in [6, 6.07) is 6.32. The smallest absolute Gasteiger partial charge is 0.124 e. The molecule has 2 rings (SSSR count). The fourth-order valence-corrected chi connectivity index (χ4v) is 2.22. The van der Waals surface area contributed by atoms with Gasteiger partial charge in [-0.25, -0.2) is 0 Å². The highest BCUT2D eigenvalue weighted by molar-refractivity contribution is 5.43. The molecule has 0 heterocycles. The first kappa shape index (κ1) is 11.5. The number of hydrogen-bond donors (Lipinski definition) is 1. The van der Waals surface area contributed by atoms with Crippen LogP contribution in [0.4, 0.5) is 0 Å². The lowest BCUT2D eigenvalue weighted by atomic mass is 9.72. The van der Waals surface area contributed by atoms with Gasteiger partial charge in [-0.05, 0) is 46.1 Å². The van der Waals surface area contributed by atoms with Crippen molar-refractivity contribution in [2.75, 3.05) is 0 Å². The Hall–Kier alpha value is -1.02. The Bertz CT molecular complexity index is 380. The van der Waals surface area contributed by atoms with Gasteiger partial charge in [-0.3, -0.25) is 0 Å². The van der Waals surface area contributed by atoms with E-state index in [-0.39, 0.29) is 11.6 Å². The van der Waals surface area contributed by atoms with E-state index in [9.17, 15) is 0 Å². The van der Waals surface area contributed by atoms with Crippen LogP contribution in [0.2, 0.25) is 0 Å². The minimum absolute atomic E-state index is 0.143. The van der Waals surface area contributed by atoms with Gasteiger partial charge in [-0.15, -0.1) is 0 Å². The lowest BCUT2D eigenvalue weighted by Crippen LogP contribution is -2.43. The third-order valence-corrected chi connectivity index (χ3v) is 3.28. The molecule has 1 fully saturated rings. The standard InChI is InChI=1S/C14H21NO/c1-10(2)16-13-6-5-11(3)9-12(13)14(15)7-4-8-14/h5-6,9-10H,4,7-8,15H2,1-3H3. The Morgan fingerprint density at radius 2 is 2.00 bits per heavy atom. The molecule has 0 aliphatic heterocycles. The first-order valence-electron chi connectivity index (χ1n) is 6.08. The number of hydrogen-bond acceptors (Lipinski definition) is 2. The topological polar surface area (TPSA) is 35.2 Å². The van der Waals surface area contributed by atoms with Gasteiger partial charge in [0.25, 0.3) is 0 Å². The van der Waals surface area contributed by atoms with E-state index in [1.807, 2.05) is 13.8 Å². The maximum atomic E-state index is 6.39. The molecule has 1 aromatic rings. The van der Waals surface area contributed by atoms with E-state index in [4.69, 9.17) is 10.5 Å². The average molecular weight is 219 g/mol. The quantitative estimate of drug-likeness (QED) is 0.847. The van der Waals surface area contributed by atoms with Gasteiger partial charge in [0.1, 0.15) is 5.75 Å². The van der Waals surface area contributed by atoms with Crippen LogP contribution in [0.25, 0.3) is 0 Å². The van der Waals surface area contributed by atoms with Crippen molar-refractivity contribution in [3.05, 3.63) is 29.3 Å². The monoisotopic (exact) mass is 219 g/mol. The fraction of sp³-hybridized carbons (Fsp3) is 0.571. The second-order valence-corrected chi connectivity index (χ2v) is 5.18. The molecule has 1 aliphatic rings. The number of aryl methyl sites for hydroxylation is 1. The maximum absolute atomic E-state index is 6.39. The van der Waals surface area contributed by atoms with E-state index < -0.39 is 0 Å². The second-order valence-electron chi connectivity index (χ2n) is 5.18. The van der Waals surface area contributed by atoms with E-state index >= 15 is 0 Å². The summed E-state index contributed by atoms with van der Waals surface area (Å²) in [4.78, 5) is 0. The maximum Gasteiger partial charge on any atom is 0.124 e. The molecule has 0 spiro atoms. The highest BCUT2D eigenvalue weighted by Gasteiger charge is 2.36. The van der Waals surface area contributed by atoms with Gasteiger partial charge in [0.05, 0.1) is 6.10 Å². The van der Waals surface area contributed by atoms with Crippen LogP contribution in [0.5, 0.6) is 5.75 Å². The van der Waals surface area contributed by atoms with Gasteiger partial charge in [0.2, 0.25) is 0 Å². The molecule has 0 amide bonds. The first-order valence-corrected chi connectivity index (χ1v) is 6.08. The summed E-state index contributed by atoms with van der Waals surface area (Å²) < 4.78 is 5.84. The minimum Gasteiger partial charge on any atom is -0.491 e. The van der Waals surface area contributed by atoms with E-state index in [2.05, 4.69) is 25.1 Å². The molecule has 1 saturated carbocycles. The van der Waals surface area contributed by atoms with Crippen molar-refractivity contribution in [2.24, 2.45) is 5.73 Å². The number of ether oxygens (including phenoxy) is 1. The Balaban J connectivity index is 2.36. The van der Waals surface area contributed by atoms with Gasteiger partial charge < -0.3 is 10.5 Å². The lowest BCUT2D eigenvalue weighted by molar-refractivity contribution is 0.210. The third kappa shape index (κ3) is 2.07. The number of nitrogens with two attached hydrogens (primary N) is 1. The molecule has 0 unspecified atom stereocenters. The zero-order valence-corrected chi connectivity index (χ0v) is 10.4. The predicted molar refractivity (Wildman–Crippen MR) is 66.7 cm³/mol. The van der Waals surface area contributed by atoms with Crippen LogP contribution >= 0.6 is 0 Å². The average Bonchev–Trinajstić information content (AvgIpc) is 2.16. The van der Waals surface area contributed by atoms with Crippen LogP contribution in [0.1, 0.15) is 44.2 Å². The minimum atomic E-state index is -0.143. The van der Waals surface area contributed by atoms with Crippen molar-refractivity contribution in [1.82, 2.24) is 0 Å². The zero-order valence-electron chi connectivity index (χ0n) is 10.4. The summed E-state index contributed by atoms with van der Waals surface area (Å²) >= 11 is 0. The SMILES string of the molecule is Cc1ccc(OC(C)C)c(C2(N)CCC2)c1. The normalized spacial score (nSPS) is 18.3. The fourth-order valence-electron chi connectivity index (χ4n) is 2.22. The van der Waals surface area contributed by atoms with E-state index in [0.29, 0.717) is 0 Å². The molecule has 0 radical (unpaired) electrons. The molecule has 0 bridgehead atoms. The Kier molecular flexibility index (Phi) is 2.94. The van der Waals surface area contributed by atoms with E-state index in [1.54, 1.807) is 0 Å². The summed E-state index contributed by atoms with van der Waals surface area (Å²) in [7, 11) is 0. The van der Waals surface area contributed by atoms with Gasteiger partial charge in [0.15, 0.2) is 0 Å². The lowest BCUT2D eigenvalue weighted by Gasteiger charge is -2.39. The van der Waals surface area contributed by atoms with Crippen LogP contribution in [-0.2, 0) is 5.54 Å². The van der Waals surface area contributed by atoms with Crippen molar-refractivity contribution in [1.29, 1.82) is 0 Å². The molecular formula is C14H21NO. The van der Waals surface area contributed by atoms with Crippen LogP contribution in [-0.4, -0.2) is 6.10 Å². The van der Waals surface area contributed by atoms with Crippen LogP contribution < -0.4 is 10.5 Å². The van der Waals surface area contributed by atoms with Crippen molar-refractivity contribution in [3.8, 4) is 5.75 Å². The predicted octanol–water partition coefficient (Wildman–Crippen LogP) is 3.12. The molecule has 16 heavy (non-hydrogen) atoms. The van der Waals surface area contributed by atoms with Crippen LogP contribution in [0.3, 0.4) is 0 Å². The highest BCUT2D eigenvalue weighted by Crippen LogP contribution is 2.43. The molecule has 1 aromatic carbocycles. The third-order valence-electron chi connectivity index (χ3n) is 3.28. The number of benzene rings is 1. The van der Waals surface area contributed by atoms with Crippen LogP contribution in [0, 0.1) is 6.92 Å². The van der Waals surface area contributed by atoms with Crippen molar-refractivity contribution in [2.45, 2.75) is 51.7 Å². The molecule has 88 valence electrons. The van der Waals surface area contributed by atoms with Crippen molar-refractivity contribution < 1.29 is 4.74 Å². The van der Waals surface area contributed by atoms with Crippen molar-refractivity contribution in [3.63, 3.8) is 0 Å². The number of rotatable bonds is 3. The summed E-state index contributed by atoms with van der Waals surface area (Å²) in [6.07, 6.45) is 3.58. The summed E-state index contributed by atoms with van der Waals surface area (Å²) in [6.45, 7) is 6.20. The molecule has 0 aromatic heterocycles. The zero-order chi connectivity index (χ0) is 11.8. The largest absolute Gasteiger partial charge is 0.491 e. The van der Waals surface area contributed by atoms with Gasteiger partial charge in [-0.1, -0.05) is 17.7 Å². The van der Waals surface area contributed by atoms with Gasteiger partial charge in [0, 0.05) is 11.1 Å². The molecule has 0 atom stereocenters. The van der Waals surface area contributed by atoms with E-state index in [1.165, 1.54) is 17.5 Å². The Morgan fingerprint density at radius 1 is 1.31 bits per heavy atom. The first-order chi connectivity index (χ1) is 7.51. The van der Waals surface area contributed by atoms with Crippen molar-refractivity contribution >= 4 is 0 Å². The highest BCUT2D eigenvalue weighted by atomic mass is 16.5. The molecular weight excluding hydrogens is 198 g/mol. The summed E-state index contributed by atoms with van der Waals surface area (Å²) in [5.41, 5.74) is 8.69. The van der Waals surface area contributed by atoms with E-state index in [0.717, 1.165) is 18.6 Å².